The van der Waals surface area contributed by atoms with E-state index in [1.807, 2.05) is 12.4 Å². The number of hydrogen-bond acceptors (Lipinski definition) is 4. The summed E-state index contributed by atoms with van der Waals surface area (Å²) in [6.07, 6.45) is 3.92. The molecule has 4 rings (SSSR count). The summed E-state index contributed by atoms with van der Waals surface area (Å²) in [5.74, 6) is 0. The molecule has 2 aromatic heterocycles. The van der Waals surface area contributed by atoms with E-state index in [9.17, 15) is 0 Å². The molecule has 25 heavy (non-hydrogen) atoms. The monoisotopic (exact) mass is 448 g/mol. The molecular weight excluding hydrogens is 427 g/mol. The van der Waals surface area contributed by atoms with Gasteiger partial charge < -0.3 is 15.0 Å². The van der Waals surface area contributed by atoms with E-state index < -0.39 is 0 Å². The van der Waals surface area contributed by atoms with Crippen LogP contribution in [-0.2, 0) is 0 Å². The SMILES string of the molecule is OCCN1CCN(c2ccc(-c3cnc4[nH]cc(I)c4c3)cc2)CC1. The smallest absolute Gasteiger partial charge is 0.138 e. The number of pyridine rings is 1. The summed E-state index contributed by atoms with van der Waals surface area (Å²) < 4.78 is 1.19. The number of anilines is 1. The van der Waals surface area contributed by atoms with Crippen LogP contribution < -0.4 is 4.90 Å². The number of benzene rings is 1. The molecular formula is C19H21IN4O. The quantitative estimate of drug-likeness (QED) is 0.603. The standard InChI is InChI=1S/C19H21IN4O/c20-18-13-22-19-17(18)11-15(12-21-19)14-1-3-16(4-2-14)24-7-5-23(6-8-24)9-10-25/h1-4,11-13,25H,5-10H2,(H,21,22). The molecule has 6 heteroatoms. The number of aromatic nitrogens is 2. The maximum atomic E-state index is 9.05. The van der Waals surface area contributed by atoms with Gasteiger partial charge in [-0.1, -0.05) is 12.1 Å². The van der Waals surface area contributed by atoms with Crippen molar-refractivity contribution in [1.82, 2.24) is 14.9 Å². The van der Waals surface area contributed by atoms with Gasteiger partial charge in [0.05, 0.1) is 6.61 Å². The molecule has 0 aliphatic carbocycles. The molecule has 0 radical (unpaired) electrons. The summed E-state index contributed by atoms with van der Waals surface area (Å²) in [6, 6.07) is 10.9. The van der Waals surface area contributed by atoms with Crippen molar-refractivity contribution in [2.45, 2.75) is 0 Å². The van der Waals surface area contributed by atoms with Crippen LogP contribution in [0.5, 0.6) is 0 Å². The Bertz CT molecular complexity index is 853. The fraction of sp³-hybridized carbons (Fsp3) is 0.316. The van der Waals surface area contributed by atoms with Gasteiger partial charge in [0.2, 0.25) is 0 Å². The van der Waals surface area contributed by atoms with Crippen LogP contribution in [0.15, 0.2) is 42.7 Å². The number of hydrogen-bond donors (Lipinski definition) is 2. The third-order valence-corrected chi connectivity index (χ3v) is 5.73. The summed E-state index contributed by atoms with van der Waals surface area (Å²) in [5, 5.41) is 10.2. The number of halogens is 1. The lowest BCUT2D eigenvalue weighted by atomic mass is 10.1. The van der Waals surface area contributed by atoms with Crippen LogP contribution in [-0.4, -0.2) is 59.3 Å². The first-order valence-corrected chi connectivity index (χ1v) is 9.64. The molecule has 0 amide bonds. The molecule has 3 aromatic rings. The highest BCUT2D eigenvalue weighted by Crippen LogP contribution is 2.27. The predicted molar refractivity (Wildman–Crippen MR) is 110 cm³/mol. The van der Waals surface area contributed by atoms with Crippen LogP contribution in [0.3, 0.4) is 0 Å². The number of nitrogens with one attached hydrogen (secondary N) is 1. The number of rotatable bonds is 4. The average molecular weight is 448 g/mol. The highest BCUT2D eigenvalue weighted by Gasteiger charge is 2.16. The highest BCUT2D eigenvalue weighted by atomic mass is 127. The van der Waals surface area contributed by atoms with Gasteiger partial charge in [-0.05, 0) is 46.4 Å². The third kappa shape index (κ3) is 3.51. The molecule has 2 N–H and O–H groups in total. The molecule has 1 aromatic carbocycles. The van der Waals surface area contributed by atoms with Gasteiger partial charge in [0.15, 0.2) is 0 Å². The van der Waals surface area contributed by atoms with E-state index in [0.717, 1.165) is 43.9 Å². The number of nitrogens with zero attached hydrogens (tertiary/aromatic N) is 3. The van der Waals surface area contributed by atoms with Gasteiger partial charge >= 0.3 is 0 Å². The average Bonchev–Trinajstić information content (AvgIpc) is 3.03. The Kier molecular flexibility index (Phi) is 4.91. The molecule has 3 heterocycles. The van der Waals surface area contributed by atoms with E-state index in [0.29, 0.717) is 0 Å². The van der Waals surface area contributed by atoms with Gasteiger partial charge in [0.25, 0.3) is 0 Å². The Morgan fingerprint density at radius 3 is 2.56 bits per heavy atom. The topological polar surface area (TPSA) is 55.4 Å². The number of fused-ring (bicyclic) bond motifs is 1. The van der Waals surface area contributed by atoms with Gasteiger partial charge in [-0.25, -0.2) is 4.98 Å². The van der Waals surface area contributed by atoms with Crippen molar-refractivity contribution >= 4 is 39.3 Å². The minimum absolute atomic E-state index is 0.243. The third-order valence-electron chi connectivity index (χ3n) is 4.83. The Balaban J connectivity index is 1.50. The number of aliphatic hydroxyl groups excluding tert-OH is 1. The molecule has 1 saturated heterocycles. The van der Waals surface area contributed by atoms with E-state index in [1.165, 1.54) is 20.2 Å². The Labute approximate surface area is 160 Å². The maximum Gasteiger partial charge on any atom is 0.138 e. The van der Waals surface area contributed by atoms with Crippen LogP contribution in [0.25, 0.3) is 22.2 Å². The molecule has 1 aliphatic heterocycles. The molecule has 0 atom stereocenters. The zero-order valence-corrected chi connectivity index (χ0v) is 16.1. The van der Waals surface area contributed by atoms with E-state index in [1.54, 1.807) is 0 Å². The van der Waals surface area contributed by atoms with Crippen molar-refractivity contribution in [2.75, 3.05) is 44.2 Å². The molecule has 130 valence electrons. The summed E-state index contributed by atoms with van der Waals surface area (Å²) in [6.45, 7) is 5.06. The Hall–Kier alpha value is -1.64. The van der Waals surface area contributed by atoms with Crippen molar-refractivity contribution in [3.63, 3.8) is 0 Å². The van der Waals surface area contributed by atoms with Crippen molar-refractivity contribution in [3.8, 4) is 11.1 Å². The molecule has 0 unspecified atom stereocenters. The largest absolute Gasteiger partial charge is 0.395 e. The number of aliphatic hydroxyl groups is 1. The second-order valence-corrected chi connectivity index (χ2v) is 7.52. The van der Waals surface area contributed by atoms with Crippen molar-refractivity contribution in [3.05, 3.63) is 46.3 Å². The second kappa shape index (κ2) is 7.31. The Morgan fingerprint density at radius 1 is 1.08 bits per heavy atom. The van der Waals surface area contributed by atoms with Gasteiger partial charge in [0.1, 0.15) is 5.65 Å². The maximum absolute atomic E-state index is 9.05. The lowest BCUT2D eigenvalue weighted by Gasteiger charge is -2.35. The Morgan fingerprint density at radius 2 is 1.84 bits per heavy atom. The lowest BCUT2D eigenvalue weighted by molar-refractivity contribution is 0.189. The molecule has 0 spiro atoms. The van der Waals surface area contributed by atoms with E-state index >= 15 is 0 Å². The first-order chi connectivity index (χ1) is 12.2. The number of H-pyrrole nitrogens is 1. The summed E-state index contributed by atoms with van der Waals surface area (Å²) >= 11 is 2.33. The fourth-order valence-corrected chi connectivity index (χ4v) is 3.93. The molecule has 1 aliphatic rings. The zero-order chi connectivity index (χ0) is 17.2. The normalized spacial score (nSPS) is 15.8. The van der Waals surface area contributed by atoms with Crippen LogP contribution in [0, 0.1) is 3.57 Å². The van der Waals surface area contributed by atoms with Crippen LogP contribution in [0.2, 0.25) is 0 Å². The zero-order valence-electron chi connectivity index (χ0n) is 14.0. The van der Waals surface area contributed by atoms with E-state index in [2.05, 4.69) is 72.7 Å². The minimum atomic E-state index is 0.243. The number of piperazine rings is 1. The number of β-amino-alcohol motifs (C(OH)–C–C–N with tert-alkyl or cyclic N) is 1. The van der Waals surface area contributed by atoms with Gasteiger partial charge in [-0.3, -0.25) is 4.90 Å². The lowest BCUT2D eigenvalue weighted by Crippen LogP contribution is -2.47. The van der Waals surface area contributed by atoms with Gasteiger partial charge in [-0.2, -0.15) is 0 Å². The number of aromatic amines is 1. The van der Waals surface area contributed by atoms with E-state index in [4.69, 9.17) is 5.11 Å². The molecule has 0 bridgehead atoms. The van der Waals surface area contributed by atoms with Crippen LogP contribution in [0.1, 0.15) is 0 Å². The first kappa shape index (κ1) is 16.8. The van der Waals surface area contributed by atoms with Crippen LogP contribution >= 0.6 is 22.6 Å². The summed E-state index contributed by atoms with van der Waals surface area (Å²) in [5.41, 5.74) is 4.53. The molecule has 5 nitrogen and oxygen atoms in total. The van der Waals surface area contributed by atoms with Crippen LogP contribution in [0.4, 0.5) is 5.69 Å². The van der Waals surface area contributed by atoms with Crippen molar-refractivity contribution in [2.24, 2.45) is 0 Å². The molecule has 0 saturated carbocycles. The highest BCUT2D eigenvalue weighted by molar-refractivity contribution is 14.1. The van der Waals surface area contributed by atoms with Gasteiger partial charge in [-0.15, -0.1) is 0 Å². The summed E-state index contributed by atoms with van der Waals surface area (Å²) in [7, 11) is 0. The first-order valence-electron chi connectivity index (χ1n) is 8.56. The summed E-state index contributed by atoms with van der Waals surface area (Å²) in [4.78, 5) is 12.4. The fourth-order valence-electron chi connectivity index (χ4n) is 3.36. The molecule has 1 fully saturated rings. The predicted octanol–water partition coefficient (Wildman–Crippen LogP) is 2.95. The van der Waals surface area contributed by atoms with Crippen molar-refractivity contribution < 1.29 is 5.11 Å². The second-order valence-electron chi connectivity index (χ2n) is 6.36. The van der Waals surface area contributed by atoms with E-state index in [-0.39, 0.29) is 6.61 Å². The minimum Gasteiger partial charge on any atom is -0.395 e. The van der Waals surface area contributed by atoms with Gasteiger partial charge in [0, 0.05) is 65.3 Å². The van der Waals surface area contributed by atoms with Crippen molar-refractivity contribution in [1.29, 1.82) is 0 Å².